The highest BCUT2D eigenvalue weighted by molar-refractivity contribution is 5.85. The summed E-state index contributed by atoms with van der Waals surface area (Å²) >= 11 is 0. The molecule has 0 heterocycles. The minimum Gasteiger partial charge on any atom is -0.465 e. The van der Waals surface area contributed by atoms with E-state index >= 15 is 0 Å². The Labute approximate surface area is 165 Å². The van der Waals surface area contributed by atoms with E-state index < -0.39 is 11.8 Å². The first-order valence-corrected chi connectivity index (χ1v) is 10.8. The number of rotatable bonds is 10. The summed E-state index contributed by atoms with van der Waals surface area (Å²) in [5.74, 6) is -0.470. The van der Waals surface area contributed by atoms with Gasteiger partial charge in [0, 0.05) is 0 Å². The van der Waals surface area contributed by atoms with Gasteiger partial charge in [0.1, 0.15) is 0 Å². The third-order valence-corrected chi connectivity index (χ3v) is 6.87. The van der Waals surface area contributed by atoms with Crippen LogP contribution in [0.1, 0.15) is 67.2 Å². The molecular weight excluding hydrogens is 340 g/mol. The van der Waals surface area contributed by atoms with Crippen LogP contribution >= 0.6 is 0 Å². The first-order chi connectivity index (χ1) is 12.8. The fourth-order valence-corrected chi connectivity index (χ4v) is 5.72. The highest BCUT2D eigenvalue weighted by Gasteiger charge is 2.67. The molecule has 27 heavy (non-hydrogen) atoms. The van der Waals surface area contributed by atoms with Crippen LogP contribution < -0.4 is 0 Å². The van der Waals surface area contributed by atoms with E-state index in [1.54, 1.807) is 0 Å². The molecule has 0 aliphatic heterocycles. The largest absolute Gasteiger partial charge is 0.465 e. The van der Waals surface area contributed by atoms with Gasteiger partial charge in [0.15, 0.2) is 0 Å². The van der Waals surface area contributed by atoms with Gasteiger partial charge in [-0.2, -0.15) is 0 Å². The summed E-state index contributed by atoms with van der Waals surface area (Å²) in [5.41, 5.74) is -0.0944. The van der Waals surface area contributed by atoms with Gasteiger partial charge in [0.25, 0.3) is 0 Å². The Balaban J connectivity index is 2.34. The number of unbranched alkanes of at least 4 members (excludes halogenated alkanes) is 2. The summed E-state index contributed by atoms with van der Waals surface area (Å²) in [7, 11) is 0. The molecule has 0 radical (unpaired) electrons. The summed E-state index contributed by atoms with van der Waals surface area (Å²) in [4.78, 5) is 26.0. The van der Waals surface area contributed by atoms with E-state index in [2.05, 4.69) is 53.7 Å². The van der Waals surface area contributed by atoms with Crippen LogP contribution in [-0.2, 0) is 19.1 Å². The Hall–Kier alpha value is -1.32. The van der Waals surface area contributed by atoms with Crippen LogP contribution in [0, 0.1) is 40.9 Å². The van der Waals surface area contributed by atoms with Crippen molar-refractivity contribution < 1.29 is 19.1 Å². The molecule has 2 bridgehead atoms. The van der Waals surface area contributed by atoms with Gasteiger partial charge in [-0.1, -0.05) is 66.5 Å². The Morgan fingerprint density at radius 3 is 1.48 bits per heavy atom. The third-order valence-electron chi connectivity index (χ3n) is 6.87. The Morgan fingerprint density at radius 1 is 0.815 bits per heavy atom. The zero-order valence-corrected chi connectivity index (χ0v) is 18.0. The molecule has 0 N–H and O–H groups in total. The Kier molecular flexibility index (Phi) is 7.53. The SMILES string of the molecule is CCCCOC(=O)C1C(C(=O)OCCCC)C2C=CC1C2(C(C)C)C(C)C. The number of carbonyl (C=O) groups excluding carboxylic acids is 2. The maximum Gasteiger partial charge on any atom is 0.310 e. The molecule has 4 heteroatoms. The van der Waals surface area contributed by atoms with Crippen molar-refractivity contribution in [2.24, 2.45) is 40.9 Å². The van der Waals surface area contributed by atoms with Gasteiger partial charge in [-0.25, -0.2) is 0 Å². The lowest BCUT2D eigenvalue weighted by molar-refractivity contribution is -0.161. The molecule has 4 nitrogen and oxygen atoms in total. The number of carbonyl (C=O) groups is 2. The molecule has 2 aliphatic rings. The molecule has 4 unspecified atom stereocenters. The zero-order chi connectivity index (χ0) is 20.2. The second kappa shape index (κ2) is 9.25. The average molecular weight is 379 g/mol. The smallest absolute Gasteiger partial charge is 0.310 e. The number of hydrogen-bond donors (Lipinski definition) is 0. The highest BCUT2D eigenvalue weighted by atomic mass is 16.5. The van der Waals surface area contributed by atoms with Crippen molar-refractivity contribution in [1.82, 2.24) is 0 Å². The minimum atomic E-state index is -0.421. The molecule has 4 atom stereocenters. The maximum absolute atomic E-state index is 13.0. The maximum atomic E-state index is 13.0. The molecule has 0 saturated heterocycles. The monoisotopic (exact) mass is 378 g/mol. The van der Waals surface area contributed by atoms with E-state index in [9.17, 15) is 9.59 Å². The van der Waals surface area contributed by atoms with Gasteiger partial charge in [-0.05, 0) is 41.9 Å². The van der Waals surface area contributed by atoms with Crippen LogP contribution in [0.5, 0.6) is 0 Å². The average Bonchev–Trinajstić information content (AvgIpc) is 3.14. The summed E-state index contributed by atoms with van der Waals surface area (Å²) < 4.78 is 11.2. The van der Waals surface area contributed by atoms with E-state index in [4.69, 9.17) is 9.47 Å². The quantitative estimate of drug-likeness (QED) is 0.304. The van der Waals surface area contributed by atoms with Crippen molar-refractivity contribution >= 4 is 11.9 Å². The predicted octanol–water partition coefficient (Wildman–Crippen LogP) is 5.02. The minimum absolute atomic E-state index is 0.0420. The lowest BCUT2D eigenvalue weighted by Gasteiger charge is -2.43. The van der Waals surface area contributed by atoms with Crippen LogP contribution in [0.3, 0.4) is 0 Å². The lowest BCUT2D eigenvalue weighted by atomic mass is 9.60. The van der Waals surface area contributed by atoms with E-state index in [1.807, 2.05) is 0 Å². The number of ether oxygens (including phenoxy) is 2. The van der Waals surface area contributed by atoms with Crippen molar-refractivity contribution in [2.45, 2.75) is 67.2 Å². The molecule has 154 valence electrons. The van der Waals surface area contributed by atoms with Crippen LogP contribution in [-0.4, -0.2) is 25.2 Å². The lowest BCUT2D eigenvalue weighted by Crippen LogP contribution is -2.40. The number of hydrogen-bond acceptors (Lipinski definition) is 4. The van der Waals surface area contributed by atoms with Crippen molar-refractivity contribution in [3.05, 3.63) is 12.2 Å². The summed E-state index contributed by atoms with van der Waals surface area (Å²) in [6.45, 7) is 13.9. The molecule has 0 aromatic carbocycles. The second-order valence-electron chi connectivity index (χ2n) is 8.84. The van der Waals surface area contributed by atoms with Crippen LogP contribution in [0.15, 0.2) is 12.2 Å². The molecule has 0 amide bonds. The van der Waals surface area contributed by atoms with Gasteiger partial charge in [0.05, 0.1) is 25.0 Å². The first kappa shape index (κ1) is 22.0. The molecule has 0 spiro atoms. The standard InChI is InChI=1S/C23H38O4/c1-7-9-13-26-21(24)19-17-11-12-18(23(17,15(3)4)16(5)6)20(19)22(25)27-14-10-8-2/h11-12,15-20H,7-10,13-14H2,1-6H3. The van der Waals surface area contributed by atoms with E-state index in [0.29, 0.717) is 25.0 Å². The predicted molar refractivity (Wildman–Crippen MR) is 107 cm³/mol. The molecule has 1 fully saturated rings. The molecular formula is C23H38O4. The van der Waals surface area contributed by atoms with Gasteiger partial charge in [-0.3, -0.25) is 9.59 Å². The van der Waals surface area contributed by atoms with Gasteiger partial charge in [-0.15, -0.1) is 0 Å². The normalized spacial score (nSPS) is 28.1. The zero-order valence-electron chi connectivity index (χ0n) is 18.0. The van der Waals surface area contributed by atoms with Crippen molar-refractivity contribution in [3.8, 4) is 0 Å². The molecule has 2 aliphatic carbocycles. The van der Waals surface area contributed by atoms with Crippen molar-refractivity contribution in [1.29, 1.82) is 0 Å². The third kappa shape index (κ3) is 3.82. The van der Waals surface area contributed by atoms with Gasteiger partial charge >= 0.3 is 11.9 Å². The number of allylic oxidation sites excluding steroid dienone is 2. The topological polar surface area (TPSA) is 52.6 Å². The summed E-state index contributed by atoms with van der Waals surface area (Å²) in [6.07, 6.45) is 8.02. The van der Waals surface area contributed by atoms with Crippen LogP contribution in [0.2, 0.25) is 0 Å². The summed E-state index contributed by atoms with van der Waals surface area (Å²) in [5, 5.41) is 0. The molecule has 0 aromatic rings. The Morgan fingerprint density at radius 2 is 1.19 bits per heavy atom. The van der Waals surface area contributed by atoms with E-state index in [-0.39, 0.29) is 29.2 Å². The molecule has 1 saturated carbocycles. The van der Waals surface area contributed by atoms with E-state index in [0.717, 1.165) is 25.7 Å². The van der Waals surface area contributed by atoms with Crippen molar-refractivity contribution in [2.75, 3.05) is 13.2 Å². The van der Waals surface area contributed by atoms with Gasteiger partial charge in [0.2, 0.25) is 0 Å². The highest BCUT2D eigenvalue weighted by Crippen LogP contribution is 2.66. The summed E-state index contributed by atoms with van der Waals surface area (Å²) in [6, 6.07) is 0. The number of fused-ring (bicyclic) bond motifs is 2. The fraction of sp³-hybridized carbons (Fsp3) is 0.826. The van der Waals surface area contributed by atoms with Crippen LogP contribution in [0.4, 0.5) is 0 Å². The van der Waals surface area contributed by atoms with E-state index in [1.165, 1.54) is 0 Å². The molecule has 0 aromatic heterocycles. The van der Waals surface area contributed by atoms with Gasteiger partial charge < -0.3 is 9.47 Å². The molecule has 2 rings (SSSR count). The second-order valence-corrected chi connectivity index (χ2v) is 8.84. The Bertz CT molecular complexity index is 501. The van der Waals surface area contributed by atoms with Crippen molar-refractivity contribution in [3.63, 3.8) is 0 Å². The first-order valence-electron chi connectivity index (χ1n) is 10.8. The fourth-order valence-electron chi connectivity index (χ4n) is 5.72. The van der Waals surface area contributed by atoms with Crippen LogP contribution in [0.25, 0.3) is 0 Å². The number of esters is 2.